The molecule has 0 unspecified atom stereocenters. The van der Waals surface area contributed by atoms with Gasteiger partial charge >= 0.3 is 0 Å². The van der Waals surface area contributed by atoms with Crippen LogP contribution < -0.4 is 10.6 Å². The second kappa shape index (κ2) is 10.7. The molecule has 0 atom stereocenters. The molecule has 6 nitrogen and oxygen atoms in total. The fourth-order valence-electron chi connectivity index (χ4n) is 3.17. The molecule has 7 heteroatoms. The minimum Gasteiger partial charge on any atom is -0.354 e. The molecule has 0 saturated carbocycles. The van der Waals surface area contributed by atoms with Crippen LogP contribution in [0.25, 0.3) is 10.9 Å². The summed E-state index contributed by atoms with van der Waals surface area (Å²) >= 11 is 3.46. The van der Waals surface area contributed by atoms with E-state index < -0.39 is 0 Å². The lowest BCUT2D eigenvalue weighted by Gasteiger charge is -2.14. The first kappa shape index (κ1) is 22.5. The summed E-state index contributed by atoms with van der Waals surface area (Å²) in [6.07, 6.45) is 4.96. The van der Waals surface area contributed by atoms with Crippen LogP contribution in [0.1, 0.15) is 19.4 Å². The molecule has 158 valence electrons. The highest BCUT2D eigenvalue weighted by Crippen LogP contribution is 2.31. The predicted octanol–water partition coefficient (Wildman–Crippen LogP) is 5.45. The number of halogens is 1. The average Bonchev–Trinajstić information content (AvgIpc) is 2.77. The molecule has 2 N–H and O–H groups in total. The van der Waals surface area contributed by atoms with Gasteiger partial charge in [0.05, 0.1) is 16.8 Å². The summed E-state index contributed by atoms with van der Waals surface area (Å²) in [4.78, 5) is 18.9. The number of nitrogens with zero attached hydrogens (tertiary/aromatic N) is 3. The first-order valence-corrected chi connectivity index (χ1v) is 10.9. The number of pyridine rings is 1. The maximum atomic E-state index is 12.3. The van der Waals surface area contributed by atoms with Crippen molar-refractivity contribution in [1.29, 1.82) is 5.26 Å². The fraction of sp³-hybridized carbons (Fsp3) is 0.208. The molecule has 0 aliphatic carbocycles. The number of benzene rings is 2. The molecule has 0 radical (unpaired) electrons. The van der Waals surface area contributed by atoms with Crippen molar-refractivity contribution in [3.63, 3.8) is 0 Å². The van der Waals surface area contributed by atoms with Crippen LogP contribution in [0.4, 0.5) is 17.1 Å². The number of aromatic nitrogens is 1. The number of fused-ring (bicyclic) bond motifs is 1. The molecule has 0 spiro atoms. The number of likely N-dealkylation sites (N-methyl/N-ethyl adjacent to an activating group) is 1. The number of hydrogen-bond acceptors (Lipinski definition) is 5. The number of anilines is 3. The van der Waals surface area contributed by atoms with E-state index in [0.717, 1.165) is 40.7 Å². The third-order valence-corrected chi connectivity index (χ3v) is 5.37. The van der Waals surface area contributed by atoms with Crippen molar-refractivity contribution in [3.05, 3.63) is 70.8 Å². The Morgan fingerprint density at radius 2 is 2.00 bits per heavy atom. The highest BCUT2D eigenvalue weighted by molar-refractivity contribution is 9.10. The van der Waals surface area contributed by atoms with Gasteiger partial charge < -0.3 is 15.5 Å². The van der Waals surface area contributed by atoms with E-state index >= 15 is 0 Å². The molecular formula is C24H24BrN5O. The van der Waals surface area contributed by atoms with Crippen LogP contribution >= 0.6 is 15.9 Å². The second-order valence-corrected chi connectivity index (χ2v) is 7.82. The number of amides is 1. The first-order valence-electron chi connectivity index (χ1n) is 10.1. The van der Waals surface area contributed by atoms with Crippen molar-refractivity contribution < 1.29 is 4.79 Å². The van der Waals surface area contributed by atoms with Gasteiger partial charge in [-0.3, -0.25) is 9.78 Å². The van der Waals surface area contributed by atoms with Gasteiger partial charge in [-0.05, 0) is 49.5 Å². The lowest BCUT2D eigenvalue weighted by atomic mass is 10.1. The zero-order valence-electron chi connectivity index (χ0n) is 17.5. The van der Waals surface area contributed by atoms with Crippen molar-refractivity contribution in [2.45, 2.75) is 13.8 Å². The van der Waals surface area contributed by atoms with Gasteiger partial charge in [0.2, 0.25) is 5.91 Å². The zero-order chi connectivity index (χ0) is 22.2. The molecule has 0 aliphatic heterocycles. The van der Waals surface area contributed by atoms with E-state index in [9.17, 15) is 10.1 Å². The zero-order valence-corrected chi connectivity index (χ0v) is 19.1. The van der Waals surface area contributed by atoms with Crippen LogP contribution in [-0.2, 0) is 4.79 Å². The number of nitriles is 1. The molecule has 0 aliphatic rings. The Morgan fingerprint density at radius 3 is 2.71 bits per heavy atom. The summed E-state index contributed by atoms with van der Waals surface area (Å²) < 4.78 is 0.929. The summed E-state index contributed by atoms with van der Waals surface area (Å²) in [6.45, 7) is 6.80. The van der Waals surface area contributed by atoms with Crippen LogP contribution in [0.5, 0.6) is 0 Å². The van der Waals surface area contributed by atoms with Crippen molar-refractivity contribution in [2.75, 3.05) is 30.3 Å². The van der Waals surface area contributed by atoms with Crippen LogP contribution in [0, 0.1) is 11.3 Å². The van der Waals surface area contributed by atoms with Gasteiger partial charge in [0.1, 0.15) is 6.07 Å². The summed E-state index contributed by atoms with van der Waals surface area (Å²) in [7, 11) is 0. The van der Waals surface area contributed by atoms with Crippen LogP contribution in [0.3, 0.4) is 0 Å². The number of rotatable bonds is 8. The third kappa shape index (κ3) is 5.91. The van der Waals surface area contributed by atoms with Gasteiger partial charge in [-0.15, -0.1) is 0 Å². The molecular weight excluding hydrogens is 454 g/mol. The summed E-state index contributed by atoms with van der Waals surface area (Å²) in [5, 5.41) is 16.6. The van der Waals surface area contributed by atoms with Crippen LogP contribution in [0.15, 0.2) is 65.3 Å². The second-order valence-electron chi connectivity index (χ2n) is 6.90. The molecule has 1 heterocycles. The Hall–Kier alpha value is -3.21. The molecule has 3 aromatic rings. The van der Waals surface area contributed by atoms with Gasteiger partial charge in [-0.25, -0.2) is 0 Å². The summed E-state index contributed by atoms with van der Waals surface area (Å²) in [5.74, 6) is -0.197. The monoisotopic (exact) mass is 477 g/mol. The van der Waals surface area contributed by atoms with Crippen molar-refractivity contribution >= 4 is 49.8 Å². The standard InChI is InChI=1S/C24H24BrN5O/c1-3-30(4-2)12-6-9-23(31)28-20-10-11-22-21(14-20)24(17(15-26)16-27-22)29-19-8-5-7-18(25)13-19/h5-11,13-14,16H,3-4,12H2,1-2H3,(H,27,29)(H,28,31)/b9-6+. The molecule has 1 aromatic heterocycles. The SMILES string of the molecule is CCN(CC)C/C=C/C(=O)Nc1ccc2ncc(C#N)c(Nc3cccc(Br)c3)c2c1. The third-order valence-electron chi connectivity index (χ3n) is 4.88. The number of carbonyl (C=O) groups is 1. The molecule has 1 amide bonds. The Bertz CT molecular complexity index is 1150. The van der Waals surface area contributed by atoms with Gasteiger partial charge in [0, 0.05) is 40.1 Å². The smallest absolute Gasteiger partial charge is 0.248 e. The van der Waals surface area contributed by atoms with Gasteiger partial charge in [0.15, 0.2) is 0 Å². The van der Waals surface area contributed by atoms with E-state index in [0.29, 0.717) is 16.9 Å². The van der Waals surface area contributed by atoms with Crippen molar-refractivity contribution in [1.82, 2.24) is 9.88 Å². The van der Waals surface area contributed by atoms with Gasteiger partial charge in [0.25, 0.3) is 0 Å². The molecule has 3 rings (SSSR count). The highest BCUT2D eigenvalue weighted by Gasteiger charge is 2.11. The number of nitrogens with one attached hydrogen (secondary N) is 2. The van der Waals surface area contributed by atoms with E-state index in [1.807, 2.05) is 42.5 Å². The van der Waals surface area contributed by atoms with Crippen LogP contribution in [0.2, 0.25) is 0 Å². The number of carbonyl (C=O) groups excluding carboxylic acids is 1. The minimum absolute atomic E-state index is 0.197. The largest absolute Gasteiger partial charge is 0.354 e. The molecule has 0 bridgehead atoms. The Kier molecular flexibility index (Phi) is 7.76. The summed E-state index contributed by atoms with van der Waals surface area (Å²) in [5.41, 5.74) is 3.28. The fourth-order valence-corrected chi connectivity index (χ4v) is 3.57. The molecule has 0 fully saturated rings. The molecule has 31 heavy (non-hydrogen) atoms. The maximum absolute atomic E-state index is 12.3. The van der Waals surface area contributed by atoms with E-state index in [-0.39, 0.29) is 5.91 Å². The summed E-state index contributed by atoms with van der Waals surface area (Å²) in [6, 6.07) is 15.4. The Labute approximate surface area is 190 Å². The van der Waals surface area contributed by atoms with E-state index in [2.05, 4.69) is 56.4 Å². The molecule has 0 saturated heterocycles. The maximum Gasteiger partial charge on any atom is 0.248 e. The first-order chi connectivity index (χ1) is 15.0. The van der Waals surface area contributed by atoms with Gasteiger partial charge in [-0.1, -0.05) is 41.9 Å². The van der Waals surface area contributed by atoms with E-state index in [4.69, 9.17) is 0 Å². The van der Waals surface area contributed by atoms with E-state index in [1.54, 1.807) is 18.3 Å². The quantitative estimate of drug-likeness (QED) is 0.421. The van der Waals surface area contributed by atoms with E-state index in [1.165, 1.54) is 0 Å². The van der Waals surface area contributed by atoms with Crippen molar-refractivity contribution in [3.8, 4) is 6.07 Å². The Morgan fingerprint density at radius 1 is 1.19 bits per heavy atom. The molecule has 2 aromatic carbocycles. The normalized spacial score (nSPS) is 11.1. The highest BCUT2D eigenvalue weighted by atomic mass is 79.9. The topological polar surface area (TPSA) is 81.1 Å². The minimum atomic E-state index is -0.197. The van der Waals surface area contributed by atoms with Gasteiger partial charge in [-0.2, -0.15) is 5.26 Å². The lowest BCUT2D eigenvalue weighted by Crippen LogP contribution is -2.23. The number of hydrogen-bond donors (Lipinski definition) is 2. The van der Waals surface area contributed by atoms with Crippen LogP contribution in [-0.4, -0.2) is 35.4 Å². The lowest BCUT2D eigenvalue weighted by molar-refractivity contribution is -0.111. The average molecular weight is 478 g/mol. The Balaban J connectivity index is 1.87. The predicted molar refractivity (Wildman–Crippen MR) is 129 cm³/mol. The van der Waals surface area contributed by atoms with Crippen molar-refractivity contribution in [2.24, 2.45) is 0 Å².